The predicted octanol–water partition coefficient (Wildman–Crippen LogP) is 2.39. The highest BCUT2D eigenvalue weighted by Gasteiger charge is 2.29. The van der Waals surface area contributed by atoms with Crippen LogP contribution in [-0.2, 0) is 10.0 Å². The Morgan fingerprint density at radius 1 is 1.28 bits per heavy atom. The Morgan fingerprint density at radius 3 is 2.50 bits per heavy atom. The molecule has 0 bridgehead atoms. The molecule has 0 saturated heterocycles. The molecule has 1 fully saturated rings. The van der Waals surface area contributed by atoms with Gasteiger partial charge in [-0.25, -0.2) is 8.42 Å². The number of sulfonamides is 1. The van der Waals surface area contributed by atoms with E-state index >= 15 is 0 Å². The molecule has 100 valence electrons. The van der Waals surface area contributed by atoms with Crippen LogP contribution in [0, 0.1) is 0 Å². The SMILES string of the molecule is CC(N)c1ccccc1NS(=O)(=O)C1CCCC1. The topological polar surface area (TPSA) is 72.2 Å². The van der Waals surface area contributed by atoms with Gasteiger partial charge in [0.05, 0.1) is 10.9 Å². The van der Waals surface area contributed by atoms with E-state index in [9.17, 15) is 8.42 Å². The zero-order chi connectivity index (χ0) is 13.2. The Balaban J connectivity index is 2.23. The van der Waals surface area contributed by atoms with Crippen molar-refractivity contribution in [3.63, 3.8) is 0 Å². The van der Waals surface area contributed by atoms with E-state index in [-0.39, 0.29) is 11.3 Å². The third-order valence-corrected chi connectivity index (χ3v) is 5.30. The lowest BCUT2D eigenvalue weighted by atomic mass is 10.1. The summed E-state index contributed by atoms with van der Waals surface area (Å²) in [5.74, 6) is 0. The summed E-state index contributed by atoms with van der Waals surface area (Å²) in [5.41, 5.74) is 7.30. The van der Waals surface area contributed by atoms with Crippen LogP contribution in [-0.4, -0.2) is 13.7 Å². The summed E-state index contributed by atoms with van der Waals surface area (Å²) in [6.45, 7) is 1.85. The highest BCUT2D eigenvalue weighted by molar-refractivity contribution is 7.93. The molecule has 1 aromatic carbocycles. The van der Waals surface area contributed by atoms with Crippen molar-refractivity contribution in [2.45, 2.75) is 43.9 Å². The Kier molecular flexibility index (Phi) is 3.92. The second-order valence-electron chi connectivity index (χ2n) is 4.93. The van der Waals surface area contributed by atoms with E-state index in [2.05, 4.69) is 4.72 Å². The van der Waals surface area contributed by atoms with Gasteiger partial charge in [0.1, 0.15) is 0 Å². The van der Waals surface area contributed by atoms with Gasteiger partial charge in [-0.3, -0.25) is 4.72 Å². The van der Waals surface area contributed by atoms with E-state index in [1.54, 1.807) is 6.07 Å². The minimum absolute atomic E-state index is 0.188. The van der Waals surface area contributed by atoms with Gasteiger partial charge in [0.25, 0.3) is 0 Å². The van der Waals surface area contributed by atoms with Gasteiger partial charge < -0.3 is 5.73 Å². The number of hydrogen-bond donors (Lipinski definition) is 2. The normalized spacial score (nSPS) is 18.8. The van der Waals surface area contributed by atoms with Crippen molar-refractivity contribution in [3.05, 3.63) is 29.8 Å². The first kappa shape index (κ1) is 13.4. The summed E-state index contributed by atoms with van der Waals surface area (Å²) in [7, 11) is -3.27. The van der Waals surface area contributed by atoms with Crippen molar-refractivity contribution in [3.8, 4) is 0 Å². The van der Waals surface area contributed by atoms with E-state index in [1.807, 2.05) is 25.1 Å². The average Bonchev–Trinajstić information content (AvgIpc) is 2.83. The maximum absolute atomic E-state index is 12.2. The Morgan fingerprint density at radius 2 is 1.89 bits per heavy atom. The van der Waals surface area contributed by atoms with Crippen molar-refractivity contribution >= 4 is 15.7 Å². The van der Waals surface area contributed by atoms with Crippen LogP contribution in [0.2, 0.25) is 0 Å². The molecule has 1 aliphatic carbocycles. The van der Waals surface area contributed by atoms with Gasteiger partial charge in [0.15, 0.2) is 0 Å². The summed E-state index contributed by atoms with van der Waals surface area (Å²) in [4.78, 5) is 0. The molecule has 0 radical (unpaired) electrons. The monoisotopic (exact) mass is 268 g/mol. The maximum Gasteiger partial charge on any atom is 0.235 e. The summed E-state index contributed by atoms with van der Waals surface area (Å²) in [5, 5.41) is -0.251. The minimum Gasteiger partial charge on any atom is -0.324 e. The van der Waals surface area contributed by atoms with Crippen molar-refractivity contribution in [1.29, 1.82) is 0 Å². The number of hydrogen-bond acceptors (Lipinski definition) is 3. The number of benzene rings is 1. The van der Waals surface area contributed by atoms with E-state index in [1.165, 1.54) is 0 Å². The predicted molar refractivity (Wildman–Crippen MR) is 73.8 cm³/mol. The fourth-order valence-corrected chi connectivity index (χ4v) is 4.04. The molecule has 1 unspecified atom stereocenters. The molecule has 1 atom stereocenters. The Hall–Kier alpha value is -1.07. The van der Waals surface area contributed by atoms with Crippen molar-refractivity contribution < 1.29 is 8.42 Å². The quantitative estimate of drug-likeness (QED) is 0.880. The second kappa shape index (κ2) is 5.28. The van der Waals surface area contributed by atoms with E-state index < -0.39 is 10.0 Å². The lowest BCUT2D eigenvalue weighted by Gasteiger charge is -2.17. The van der Waals surface area contributed by atoms with Crippen LogP contribution in [0.1, 0.15) is 44.2 Å². The van der Waals surface area contributed by atoms with E-state index in [0.717, 1.165) is 31.2 Å². The summed E-state index contributed by atoms with van der Waals surface area (Å²) in [6.07, 6.45) is 3.52. The van der Waals surface area contributed by atoms with Crippen LogP contribution in [0.15, 0.2) is 24.3 Å². The smallest absolute Gasteiger partial charge is 0.235 e. The number of rotatable bonds is 4. The molecule has 0 aliphatic heterocycles. The minimum atomic E-state index is -3.27. The van der Waals surface area contributed by atoms with Gasteiger partial charge in [-0.05, 0) is 31.4 Å². The molecule has 1 aromatic rings. The van der Waals surface area contributed by atoms with Gasteiger partial charge in [-0.1, -0.05) is 31.0 Å². The standard InChI is InChI=1S/C13H20N2O2S/c1-10(14)12-8-4-5-9-13(12)15-18(16,17)11-6-2-3-7-11/h4-5,8-11,15H,2-3,6-7,14H2,1H3. The summed E-state index contributed by atoms with van der Waals surface area (Å²) < 4.78 is 27.2. The van der Waals surface area contributed by atoms with Crippen LogP contribution >= 0.6 is 0 Å². The van der Waals surface area contributed by atoms with Gasteiger partial charge in [-0.2, -0.15) is 0 Å². The average molecular weight is 268 g/mol. The molecule has 0 amide bonds. The maximum atomic E-state index is 12.2. The summed E-state index contributed by atoms with van der Waals surface area (Å²) in [6, 6.07) is 7.12. The lowest BCUT2D eigenvalue weighted by Crippen LogP contribution is -2.26. The van der Waals surface area contributed by atoms with Gasteiger partial charge in [-0.15, -0.1) is 0 Å². The van der Waals surface area contributed by atoms with Crippen LogP contribution in [0.4, 0.5) is 5.69 Å². The lowest BCUT2D eigenvalue weighted by molar-refractivity contribution is 0.585. The molecule has 1 saturated carbocycles. The molecule has 0 spiro atoms. The van der Waals surface area contributed by atoms with Gasteiger partial charge in [0.2, 0.25) is 10.0 Å². The molecule has 0 aromatic heterocycles. The second-order valence-corrected chi connectivity index (χ2v) is 6.89. The molecule has 3 N–H and O–H groups in total. The summed E-state index contributed by atoms with van der Waals surface area (Å²) >= 11 is 0. The molecule has 5 heteroatoms. The number of para-hydroxylation sites is 1. The van der Waals surface area contributed by atoms with Crippen LogP contribution < -0.4 is 10.5 Å². The van der Waals surface area contributed by atoms with Crippen LogP contribution in [0.3, 0.4) is 0 Å². The largest absolute Gasteiger partial charge is 0.324 e. The fraction of sp³-hybridized carbons (Fsp3) is 0.538. The highest BCUT2D eigenvalue weighted by Crippen LogP contribution is 2.28. The molecular weight excluding hydrogens is 248 g/mol. The molecule has 18 heavy (non-hydrogen) atoms. The zero-order valence-electron chi connectivity index (χ0n) is 10.6. The number of nitrogens with two attached hydrogens (primary N) is 1. The van der Waals surface area contributed by atoms with Gasteiger partial charge >= 0.3 is 0 Å². The number of anilines is 1. The van der Waals surface area contributed by atoms with Crippen molar-refractivity contribution in [2.24, 2.45) is 5.73 Å². The third kappa shape index (κ3) is 2.84. The molecular formula is C13H20N2O2S. The third-order valence-electron chi connectivity index (χ3n) is 3.44. The fourth-order valence-electron chi connectivity index (χ4n) is 2.42. The van der Waals surface area contributed by atoms with Crippen molar-refractivity contribution in [2.75, 3.05) is 4.72 Å². The number of nitrogens with one attached hydrogen (secondary N) is 1. The van der Waals surface area contributed by atoms with Crippen LogP contribution in [0.5, 0.6) is 0 Å². The first-order valence-electron chi connectivity index (χ1n) is 6.37. The molecule has 0 heterocycles. The van der Waals surface area contributed by atoms with E-state index in [0.29, 0.717) is 5.69 Å². The van der Waals surface area contributed by atoms with Crippen LogP contribution in [0.25, 0.3) is 0 Å². The molecule has 1 aliphatic rings. The van der Waals surface area contributed by atoms with E-state index in [4.69, 9.17) is 5.73 Å². The zero-order valence-corrected chi connectivity index (χ0v) is 11.4. The Labute approximate surface area is 109 Å². The molecule has 4 nitrogen and oxygen atoms in total. The van der Waals surface area contributed by atoms with Gasteiger partial charge in [0, 0.05) is 6.04 Å². The highest BCUT2D eigenvalue weighted by atomic mass is 32.2. The first-order chi connectivity index (χ1) is 8.50. The first-order valence-corrected chi connectivity index (χ1v) is 7.91. The molecule has 2 rings (SSSR count). The van der Waals surface area contributed by atoms with Crippen molar-refractivity contribution in [1.82, 2.24) is 0 Å². The Bertz CT molecular complexity index is 505.